The van der Waals surface area contributed by atoms with Crippen LogP contribution in [-0.2, 0) is 11.0 Å². The number of hydrogen-bond donors (Lipinski definition) is 1. The molecule has 1 aliphatic carbocycles. The highest BCUT2D eigenvalue weighted by Gasteiger charge is 2.32. The molecule has 1 saturated heterocycles. The van der Waals surface area contributed by atoms with E-state index in [1.54, 1.807) is 0 Å². The third kappa shape index (κ3) is 4.38. The molecule has 1 N–H and O–H groups in total. The molecule has 3 rings (SSSR count). The Morgan fingerprint density at radius 3 is 2.50 bits per heavy atom. The minimum Gasteiger partial charge on any atom is -0.367 e. The zero-order valence-corrected chi connectivity index (χ0v) is 14.9. The molecule has 1 aromatic carbocycles. The molecule has 1 aromatic rings. The molecule has 1 fully saturated rings. The molecule has 1 amide bonds. The molecule has 4 nitrogen and oxygen atoms in total. The van der Waals surface area contributed by atoms with Crippen molar-refractivity contribution in [3.63, 3.8) is 0 Å². The molecular weight excluding hydrogens is 343 g/mol. The quantitative estimate of drug-likeness (QED) is 0.827. The molecular formula is C19H24F3N3O. The number of likely N-dealkylation sites (N-methyl/N-ethyl adjacent to an activating group) is 1. The van der Waals surface area contributed by atoms with Crippen molar-refractivity contribution in [3.05, 3.63) is 35.9 Å². The maximum Gasteiger partial charge on any atom is 0.416 e. The van der Waals surface area contributed by atoms with E-state index in [1.165, 1.54) is 6.07 Å². The van der Waals surface area contributed by atoms with Crippen molar-refractivity contribution >= 4 is 17.3 Å². The van der Waals surface area contributed by atoms with Crippen LogP contribution in [0.4, 0.5) is 24.5 Å². The third-order valence-electron chi connectivity index (χ3n) is 5.07. The second-order valence-corrected chi connectivity index (χ2v) is 6.99. The van der Waals surface area contributed by atoms with Crippen molar-refractivity contribution in [1.82, 2.24) is 4.90 Å². The fraction of sp³-hybridized carbons (Fsp3) is 0.526. The second-order valence-electron chi connectivity index (χ2n) is 6.99. The van der Waals surface area contributed by atoms with E-state index in [2.05, 4.69) is 10.2 Å². The highest BCUT2D eigenvalue weighted by Crippen LogP contribution is 2.36. The number of carbonyl (C=O) groups is 1. The zero-order chi connectivity index (χ0) is 18.7. The van der Waals surface area contributed by atoms with Crippen LogP contribution in [-0.4, -0.2) is 44.0 Å². The Hall–Kier alpha value is -2.02. The first-order chi connectivity index (χ1) is 12.3. The van der Waals surface area contributed by atoms with Gasteiger partial charge in [-0.15, -0.1) is 0 Å². The van der Waals surface area contributed by atoms with Crippen LogP contribution in [0, 0.1) is 5.92 Å². The third-order valence-corrected chi connectivity index (χ3v) is 5.07. The van der Waals surface area contributed by atoms with Crippen LogP contribution in [0.3, 0.4) is 0 Å². The fourth-order valence-corrected chi connectivity index (χ4v) is 3.40. The van der Waals surface area contributed by atoms with Crippen LogP contribution in [0.5, 0.6) is 0 Å². The number of benzene rings is 1. The standard InChI is InChI=1S/C19H24F3N3O/c1-24-9-11-25(12-10-24)17-8-7-15(19(20,21)22)13-16(17)23-18(26)14-5-3-2-4-6-14/h2-3,7-8,13-14H,4-6,9-12H2,1H3,(H,23,26). The normalized spacial score (nSPS) is 21.7. The van der Waals surface area contributed by atoms with Gasteiger partial charge in [0.25, 0.3) is 0 Å². The smallest absolute Gasteiger partial charge is 0.367 e. The highest BCUT2D eigenvalue weighted by atomic mass is 19.4. The molecule has 0 aromatic heterocycles. The number of carbonyl (C=O) groups excluding carboxylic acids is 1. The summed E-state index contributed by atoms with van der Waals surface area (Å²) in [5, 5.41) is 2.77. The fourth-order valence-electron chi connectivity index (χ4n) is 3.40. The number of amides is 1. The predicted octanol–water partition coefficient (Wildman–Crippen LogP) is 3.75. The Kier molecular flexibility index (Phi) is 5.55. The SMILES string of the molecule is CN1CCN(c2ccc(C(F)(F)F)cc2NC(=O)C2CC=CCC2)CC1. The average Bonchev–Trinajstić information content (AvgIpc) is 2.62. The topological polar surface area (TPSA) is 35.6 Å². The van der Waals surface area contributed by atoms with Crippen LogP contribution >= 0.6 is 0 Å². The summed E-state index contributed by atoms with van der Waals surface area (Å²) in [5.74, 6) is -0.390. The number of anilines is 2. The molecule has 7 heteroatoms. The van der Waals surface area contributed by atoms with Gasteiger partial charge in [-0.05, 0) is 44.5 Å². The highest BCUT2D eigenvalue weighted by molar-refractivity contribution is 5.96. The summed E-state index contributed by atoms with van der Waals surface area (Å²) in [6, 6.07) is 3.63. The first-order valence-corrected chi connectivity index (χ1v) is 8.95. The van der Waals surface area contributed by atoms with E-state index >= 15 is 0 Å². The van der Waals surface area contributed by atoms with Crippen molar-refractivity contribution in [3.8, 4) is 0 Å². The maximum atomic E-state index is 13.1. The number of piperazine rings is 1. The van der Waals surface area contributed by atoms with Crippen molar-refractivity contribution in [2.45, 2.75) is 25.4 Å². The average molecular weight is 367 g/mol. The predicted molar refractivity (Wildman–Crippen MR) is 96.3 cm³/mol. The summed E-state index contributed by atoms with van der Waals surface area (Å²) in [6.07, 6.45) is 1.74. The van der Waals surface area contributed by atoms with Gasteiger partial charge in [0.15, 0.2) is 0 Å². The van der Waals surface area contributed by atoms with Gasteiger partial charge in [0.2, 0.25) is 5.91 Å². The van der Waals surface area contributed by atoms with Gasteiger partial charge < -0.3 is 15.1 Å². The van der Waals surface area contributed by atoms with Crippen LogP contribution in [0.25, 0.3) is 0 Å². The maximum absolute atomic E-state index is 13.1. The van der Waals surface area contributed by atoms with E-state index in [-0.39, 0.29) is 17.5 Å². The summed E-state index contributed by atoms with van der Waals surface area (Å²) in [7, 11) is 2.02. The summed E-state index contributed by atoms with van der Waals surface area (Å²) in [5.41, 5.74) is 0.170. The van der Waals surface area contributed by atoms with E-state index in [1.807, 2.05) is 24.1 Å². The van der Waals surface area contributed by atoms with E-state index in [9.17, 15) is 18.0 Å². The lowest BCUT2D eigenvalue weighted by Crippen LogP contribution is -2.44. The summed E-state index contributed by atoms with van der Waals surface area (Å²) in [6.45, 7) is 3.11. The molecule has 26 heavy (non-hydrogen) atoms. The number of rotatable bonds is 3. The van der Waals surface area contributed by atoms with Crippen LogP contribution in [0.15, 0.2) is 30.4 Å². The van der Waals surface area contributed by atoms with Gasteiger partial charge >= 0.3 is 6.18 Å². The molecule has 1 atom stereocenters. The van der Waals surface area contributed by atoms with Crippen molar-refractivity contribution in [2.24, 2.45) is 5.92 Å². The van der Waals surface area contributed by atoms with Gasteiger partial charge in [-0.2, -0.15) is 13.2 Å². The monoisotopic (exact) mass is 367 g/mol. The van der Waals surface area contributed by atoms with Crippen molar-refractivity contribution in [1.29, 1.82) is 0 Å². The number of nitrogens with zero attached hydrogens (tertiary/aromatic N) is 2. The molecule has 0 bridgehead atoms. The largest absolute Gasteiger partial charge is 0.416 e. The molecule has 0 saturated carbocycles. The number of hydrogen-bond acceptors (Lipinski definition) is 3. The Bertz CT molecular complexity index is 679. The second kappa shape index (κ2) is 7.70. The molecule has 2 aliphatic rings. The Morgan fingerprint density at radius 1 is 1.15 bits per heavy atom. The minimum atomic E-state index is -4.44. The number of halogens is 3. The minimum absolute atomic E-state index is 0.185. The van der Waals surface area contributed by atoms with Crippen LogP contribution in [0.2, 0.25) is 0 Å². The molecule has 142 valence electrons. The molecule has 0 spiro atoms. The van der Waals surface area contributed by atoms with Gasteiger partial charge in [0.1, 0.15) is 0 Å². The molecule has 0 radical (unpaired) electrons. The summed E-state index contributed by atoms with van der Waals surface area (Å²) in [4.78, 5) is 16.8. The Labute approximate surface area is 151 Å². The van der Waals surface area contributed by atoms with Crippen LogP contribution in [0.1, 0.15) is 24.8 Å². The van der Waals surface area contributed by atoms with Gasteiger partial charge in [-0.3, -0.25) is 4.79 Å². The van der Waals surface area contributed by atoms with Gasteiger partial charge in [-0.25, -0.2) is 0 Å². The lowest BCUT2D eigenvalue weighted by atomic mass is 9.93. The lowest BCUT2D eigenvalue weighted by Gasteiger charge is -2.35. The number of nitrogens with one attached hydrogen (secondary N) is 1. The molecule has 1 aliphatic heterocycles. The van der Waals surface area contributed by atoms with Gasteiger partial charge in [0.05, 0.1) is 16.9 Å². The van der Waals surface area contributed by atoms with Gasteiger partial charge in [0, 0.05) is 32.1 Å². The summed E-state index contributed by atoms with van der Waals surface area (Å²) < 4.78 is 39.4. The van der Waals surface area contributed by atoms with E-state index in [0.29, 0.717) is 12.1 Å². The lowest BCUT2D eigenvalue weighted by molar-refractivity contribution is -0.137. The molecule has 1 unspecified atom stereocenters. The number of alkyl halides is 3. The Morgan fingerprint density at radius 2 is 1.88 bits per heavy atom. The van der Waals surface area contributed by atoms with Crippen LogP contribution < -0.4 is 10.2 Å². The van der Waals surface area contributed by atoms with E-state index in [4.69, 9.17) is 0 Å². The number of allylic oxidation sites excluding steroid dienone is 2. The van der Waals surface area contributed by atoms with Gasteiger partial charge in [-0.1, -0.05) is 12.2 Å². The van der Waals surface area contributed by atoms with E-state index < -0.39 is 11.7 Å². The van der Waals surface area contributed by atoms with Crippen molar-refractivity contribution < 1.29 is 18.0 Å². The summed E-state index contributed by atoms with van der Waals surface area (Å²) >= 11 is 0. The van der Waals surface area contributed by atoms with E-state index in [0.717, 1.165) is 51.2 Å². The van der Waals surface area contributed by atoms with Crippen molar-refractivity contribution in [2.75, 3.05) is 43.4 Å². The Balaban J connectivity index is 1.86. The first kappa shape index (κ1) is 18.8. The first-order valence-electron chi connectivity index (χ1n) is 8.95. The zero-order valence-electron chi connectivity index (χ0n) is 14.9. The molecule has 1 heterocycles.